The summed E-state index contributed by atoms with van der Waals surface area (Å²) in [7, 11) is 0. The van der Waals surface area contributed by atoms with Crippen LogP contribution in [-0.4, -0.2) is 41.9 Å². The SMILES string of the molecule is CC(C)[C@H](N)C(=O)NCC(=O)N(CCc1ccccc1)C1CCCC1. The monoisotopic (exact) mass is 345 g/mol. The zero-order valence-electron chi connectivity index (χ0n) is 15.4. The first kappa shape index (κ1) is 19.4. The molecule has 1 aliphatic rings. The van der Waals surface area contributed by atoms with E-state index < -0.39 is 6.04 Å². The molecule has 0 saturated heterocycles. The number of carbonyl (C=O) groups is 2. The summed E-state index contributed by atoms with van der Waals surface area (Å²) in [6, 6.07) is 9.93. The van der Waals surface area contributed by atoms with Gasteiger partial charge in [-0.2, -0.15) is 0 Å². The molecule has 1 aromatic carbocycles. The lowest BCUT2D eigenvalue weighted by atomic mass is 10.1. The lowest BCUT2D eigenvalue weighted by Gasteiger charge is -2.29. The van der Waals surface area contributed by atoms with Crippen molar-refractivity contribution in [3.05, 3.63) is 35.9 Å². The molecule has 2 rings (SSSR count). The fourth-order valence-corrected chi connectivity index (χ4v) is 3.31. The molecule has 0 bridgehead atoms. The molecule has 1 aliphatic carbocycles. The number of rotatable bonds is 8. The van der Waals surface area contributed by atoms with Crippen LogP contribution in [0.15, 0.2) is 30.3 Å². The number of nitrogens with one attached hydrogen (secondary N) is 1. The lowest BCUT2D eigenvalue weighted by molar-refractivity contribution is -0.135. The van der Waals surface area contributed by atoms with Crippen molar-refractivity contribution in [3.63, 3.8) is 0 Å². The van der Waals surface area contributed by atoms with Gasteiger partial charge in [-0.3, -0.25) is 9.59 Å². The molecule has 5 heteroatoms. The van der Waals surface area contributed by atoms with Crippen molar-refractivity contribution >= 4 is 11.8 Å². The van der Waals surface area contributed by atoms with Crippen molar-refractivity contribution in [2.75, 3.05) is 13.1 Å². The highest BCUT2D eigenvalue weighted by Crippen LogP contribution is 2.23. The Kier molecular flexibility index (Phi) is 7.44. The van der Waals surface area contributed by atoms with Gasteiger partial charge in [-0.05, 0) is 30.7 Å². The maximum absolute atomic E-state index is 12.7. The second-order valence-electron chi connectivity index (χ2n) is 7.25. The third-order valence-electron chi connectivity index (χ3n) is 5.00. The first-order chi connectivity index (χ1) is 12.0. The quantitative estimate of drug-likeness (QED) is 0.757. The molecule has 0 spiro atoms. The number of hydrogen-bond acceptors (Lipinski definition) is 3. The molecule has 1 saturated carbocycles. The molecule has 0 aliphatic heterocycles. The van der Waals surface area contributed by atoms with Gasteiger partial charge in [0.2, 0.25) is 11.8 Å². The van der Waals surface area contributed by atoms with Gasteiger partial charge in [-0.25, -0.2) is 0 Å². The first-order valence-corrected chi connectivity index (χ1v) is 9.35. The Balaban J connectivity index is 1.92. The van der Waals surface area contributed by atoms with Gasteiger partial charge in [0, 0.05) is 12.6 Å². The molecule has 3 N–H and O–H groups in total. The van der Waals surface area contributed by atoms with E-state index in [1.165, 1.54) is 18.4 Å². The van der Waals surface area contributed by atoms with E-state index in [-0.39, 0.29) is 24.3 Å². The summed E-state index contributed by atoms with van der Waals surface area (Å²) < 4.78 is 0. The van der Waals surface area contributed by atoms with Crippen molar-refractivity contribution in [2.45, 2.75) is 58.0 Å². The molecule has 5 nitrogen and oxygen atoms in total. The molecular formula is C20H31N3O2. The minimum absolute atomic E-state index is 0.00728. The van der Waals surface area contributed by atoms with Crippen LogP contribution in [0, 0.1) is 5.92 Å². The zero-order valence-corrected chi connectivity index (χ0v) is 15.4. The molecule has 25 heavy (non-hydrogen) atoms. The van der Waals surface area contributed by atoms with Gasteiger partial charge in [-0.15, -0.1) is 0 Å². The molecule has 138 valence electrons. The van der Waals surface area contributed by atoms with Crippen LogP contribution in [0.5, 0.6) is 0 Å². The average molecular weight is 345 g/mol. The Bertz CT molecular complexity index is 553. The van der Waals surface area contributed by atoms with Crippen molar-refractivity contribution < 1.29 is 9.59 Å². The summed E-state index contributed by atoms with van der Waals surface area (Å²) in [4.78, 5) is 26.7. The van der Waals surface area contributed by atoms with E-state index in [2.05, 4.69) is 17.4 Å². The van der Waals surface area contributed by atoms with Gasteiger partial charge in [0.1, 0.15) is 0 Å². The van der Waals surface area contributed by atoms with Crippen LogP contribution in [0.1, 0.15) is 45.1 Å². The highest BCUT2D eigenvalue weighted by molar-refractivity contribution is 5.87. The molecule has 0 unspecified atom stereocenters. The Labute approximate surface area is 151 Å². The summed E-state index contributed by atoms with van der Waals surface area (Å²) in [6.45, 7) is 4.53. The van der Waals surface area contributed by atoms with Crippen LogP contribution in [0.4, 0.5) is 0 Å². The van der Waals surface area contributed by atoms with E-state index in [0.29, 0.717) is 12.6 Å². The summed E-state index contributed by atoms with van der Waals surface area (Å²) >= 11 is 0. The van der Waals surface area contributed by atoms with Crippen molar-refractivity contribution in [1.82, 2.24) is 10.2 Å². The van der Waals surface area contributed by atoms with Crippen LogP contribution in [0.3, 0.4) is 0 Å². The van der Waals surface area contributed by atoms with Gasteiger partial charge in [0.15, 0.2) is 0 Å². The Morgan fingerprint density at radius 2 is 1.84 bits per heavy atom. The second kappa shape index (κ2) is 9.56. The maximum atomic E-state index is 12.7. The standard InChI is InChI=1S/C20H31N3O2/c1-15(2)19(21)20(25)22-14-18(24)23(17-10-6-7-11-17)13-12-16-8-4-3-5-9-16/h3-5,8-9,15,17,19H,6-7,10-14,21H2,1-2H3,(H,22,25)/t19-/m0/s1. The molecule has 1 atom stereocenters. The van der Waals surface area contributed by atoms with Crippen LogP contribution < -0.4 is 11.1 Å². The maximum Gasteiger partial charge on any atom is 0.242 e. The molecule has 2 amide bonds. The van der Waals surface area contributed by atoms with E-state index >= 15 is 0 Å². The second-order valence-corrected chi connectivity index (χ2v) is 7.25. The molecule has 0 heterocycles. The van der Waals surface area contributed by atoms with E-state index in [0.717, 1.165) is 19.3 Å². The fraction of sp³-hybridized carbons (Fsp3) is 0.600. The summed E-state index contributed by atoms with van der Waals surface area (Å²) in [5.41, 5.74) is 7.07. The average Bonchev–Trinajstić information content (AvgIpc) is 3.14. The van der Waals surface area contributed by atoms with Crippen LogP contribution in [0.25, 0.3) is 0 Å². The van der Waals surface area contributed by atoms with Gasteiger partial charge in [0.05, 0.1) is 12.6 Å². The fourth-order valence-electron chi connectivity index (χ4n) is 3.31. The first-order valence-electron chi connectivity index (χ1n) is 9.35. The number of benzene rings is 1. The molecule has 0 aromatic heterocycles. The number of hydrogen-bond donors (Lipinski definition) is 2. The minimum atomic E-state index is -0.572. The largest absolute Gasteiger partial charge is 0.346 e. The van der Waals surface area contributed by atoms with Crippen LogP contribution in [0.2, 0.25) is 0 Å². The van der Waals surface area contributed by atoms with Crippen molar-refractivity contribution in [1.29, 1.82) is 0 Å². The van der Waals surface area contributed by atoms with E-state index in [9.17, 15) is 9.59 Å². The number of amides is 2. The third kappa shape index (κ3) is 5.85. The van der Waals surface area contributed by atoms with E-state index in [1.807, 2.05) is 36.9 Å². The summed E-state index contributed by atoms with van der Waals surface area (Å²) in [6.07, 6.45) is 5.29. The molecular weight excluding hydrogens is 314 g/mol. The summed E-state index contributed by atoms with van der Waals surface area (Å²) in [5.74, 6) is -0.205. The summed E-state index contributed by atoms with van der Waals surface area (Å²) in [5, 5.41) is 2.71. The van der Waals surface area contributed by atoms with Gasteiger partial charge >= 0.3 is 0 Å². The van der Waals surface area contributed by atoms with Gasteiger partial charge in [0.25, 0.3) is 0 Å². The van der Waals surface area contributed by atoms with Crippen LogP contribution >= 0.6 is 0 Å². The van der Waals surface area contributed by atoms with Crippen molar-refractivity contribution in [3.8, 4) is 0 Å². The Morgan fingerprint density at radius 3 is 2.44 bits per heavy atom. The smallest absolute Gasteiger partial charge is 0.242 e. The van der Waals surface area contributed by atoms with Crippen molar-refractivity contribution in [2.24, 2.45) is 11.7 Å². The Morgan fingerprint density at radius 1 is 1.20 bits per heavy atom. The predicted octanol–water partition coefficient (Wildman–Crippen LogP) is 2.10. The van der Waals surface area contributed by atoms with Gasteiger partial charge < -0.3 is 16.0 Å². The minimum Gasteiger partial charge on any atom is -0.346 e. The lowest BCUT2D eigenvalue weighted by Crippen LogP contribution is -2.49. The number of nitrogens with two attached hydrogens (primary N) is 1. The molecule has 0 radical (unpaired) electrons. The Hall–Kier alpha value is -1.88. The third-order valence-corrected chi connectivity index (χ3v) is 5.00. The molecule has 1 aromatic rings. The highest BCUT2D eigenvalue weighted by atomic mass is 16.2. The van der Waals surface area contributed by atoms with E-state index in [1.54, 1.807) is 0 Å². The van der Waals surface area contributed by atoms with Crippen LogP contribution in [-0.2, 0) is 16.0 Å². The zero-order chi connectivity index (χ0) is 18.2. The number of carbonyl (C=O) groups excluding carboxylic acids is 2. The van der Waals surface area contributed by atoms with Gasteiger partial charge in [-0.1, -0.05) is 57.0 Å². The topological polar surface area (TPSA) is 75.4 Å². The number of nitrogens with zero attached hydrogens (tertiary/aromatic N) is 1. The van der Waals surface area contributed by atoms with E-state index in [4.69, 9.17) is 5.73 Å². The highest BCUT2D eigenvalue weighted by Gasteiger charge is 2.27. The normalized spacial score (nSPS) is 16.0. The predicted molar refractivity (Wildman–Crippen MR) is 99.9 cm³/mol. The molecule has 1 fully saturated rings.